The highest BCUT2D eigenvalue weighted by Crippen LogP contribution is 2.29. The lowest BCUT2D eigenvalue weighted by Crippen LogP contribution is -2.33. The lowest BCUT2D eigenvalue weighted by Gasteiger charge is -2.27. The second kappa shape index (κ2) is 5.31. The molecule has 1 aliphatic rings. The van der Waals surface area contributed by atoms with Gasteiger partial charge in [-0.3, -0.25) is 10.1 Å². The van der Waals surface area contributed by atoms with Crippen molar-refractivity contribution in [3.63, 3.8) is 0 Å². The Kier molecular flexibility index (Phi) is 3.75. The highest BCUT2D eigenvalue weighted by atomic mass is 19.1. The Balaban J connectivity index is 2.38. The molecule has 1 heterocycles. The van der Waals surface area contributed by atoms with Gasteiger partial charge in [-0.1, -0.05) is 0 Å². The van der Waals surface area contributed by atoms with Gasteiger partial charge in [-0.25, -0.2) is 9.18 Å². The summed E-state index contributed by atoms with van der Waals surface area (Å²) in [6.07, 6.45) is -0.410. The number of hydrogen-bond acceptors (Lipinski definition) is 4. The van der Waals surface area contributed by atoms with Gasteiger partial charge in [-0.15, -0.1) is 0 Å². The molecule has 1 fully saturated rings. The van der Waals surface area contributed by atoms with Crippen LogP contribution in [0.5, 0.6) is 0 Å². The Morgan fingerprint density at radius 3 is 2.84 bits per heavy atom. The van der Waals surface area contributed by atoms with E-state index in [1.165, 1.54) is 12.1 Å². The minimum Gasteiger partial charge on any atom is -0.478 e. The quantitative estimate of drug-likeness (QED) is 0.646. The average molecular weight is 268 g/mol. The van der Waals surface area contributed by atoms with Crippen LogP contribution in [-0.4, -0.2) is 28.7 Å². The van der Waals surface area contributed by atoms with Crippen molar-refractivity contribution in [3.8, 4) is 0 Å². The highest BCUT2D eigenvalue weighted by Gasteiger charge is 2.27. The molecule has 0 bridgehead atoms. The third kappa shape index (κ3) is 2.87. The molecule has 0 aliphatic carbocycles. The smallest absolute Gasteiger partial charge is 0.336 e. The summed E-state index contributed by atoms with van der Waals surface area (Å²) in [7, 11) is 0. The van der Waals surface area contributed by atoms with E-state index in [9.17, 15) is 19.3 Å². The summed E-state index contributed by atoms with van der Waals surface area (Å²) in [6.45, 7) is 0.460. The molecule has 2 atom stereocenters. The number of non-ortho nitro benzene ring substituents is 1. The van der Waals surface area contributed by atoms with E-state index in [0.717, 1.165) is 6.07 Å². The molecule has 1 aliphatic heterocycles. The zero-order valence-corrected chi connectivity index (χ0v) is 10.0. The molecular weight excluding hydrogens is 255 g/mol. The van der Waals surface area contributed by atoms with Crippen LogP contribution < -0.4 is 5.32 Å². The fourth-order valence-corrected chi connectivity index (χ4v) is 2.25. The minimum atomic E-state index is -1.25. The number of carboxylic acids is 1. The largest absolute Gasteiger partial charge is 0.478 e. The normalized spacial score (nSPS) is 23.0. The van der Waals surface area contributed by atoms with E-state index in [1.54, 1.807) is 0 Å². The van der Waals surface area contributed by atoms with Gasteiger partial charge in [-0.05, 0) is 31.0 Å². The number of carboxylic acid groups (broad SMARTS) is 1. The number of nitrogens with zero attached hydrogens (tertiary/aromatic N) is 1. The van der Waals surface area contributed by atoms with Gasteiger partial charge in [-0.2, -0.15) is 0 Å². The van der Waals surface area contributed by atoms with Crippen LogP contribution in [0.15, 0.2) is 18.2 Å². The van der Waals surface area contributed by atoms with Crippen molar-refractivity contribution in [3.05, 3.63) is 39.4 Å². The van der Waals surface area contributed by atoms with Crippen LogP contribution in [0.4, 0.5) is 10.1 Å². The molecular formula is C12H13FN2O4. The number of rotatable bonds is 3. The molecule has 1 aromatic carbocycles. The van der Waals surface area contributed by atoms with Gasteiger partial charge in [0.1, 0.15) is 6.17 Å². The molecule has 19 heavy (non-hydrogen) atoms. The van der Waals surface area contributed by atoms with E-state index in [2.05, 4.69) is 5.32 Å². The number of aromatic carboxylic acids is 1. The Morgan fingerprint density at radius 1 is 1.53 bits per heavy atom. The van der Waals surface area contributed by atoms with E-state index >= 15 is 0 Å². The lowest BCUT2D eigenvalue weighted by molar-refractivity contribution is -0.384. The minimum absolute atomic E-state index is 0.152. The monoisotopic (exact) mass is 268 g/mol. The summed E-state index contributed by atoms with van der Waals surface area (Å²) < 4.78 is 13.4. The van der Waals surface area contributed by atoms with Crippen LogP contribution in [0, 0.1) is 10.1 Å². The number of halogens is 1. The molecule has 0 saturated carbocycles. The SMILES string of the molecule is O=C(O)c1cc([N+](=O)[O-])ccc1C1CC(F)CCN1. The van der Waals surface area contributed by atoms with Gasteiger partial charge in [0, 0.05) is 18.2 Å². The second-order valence-corrected chi connectivity index (χ2v) is 4.46. The number of nitro benzene ring substituents is 1. The van der Waals surface area contributed by atoms with Gasteiger partial charge in [0.05, 0.1) is 10.5 Å². The number of piperidine rings is 1. The molecule has 2 unspecified atom stereocenters. The molecule has 0 spiro atoms. The maximum Gasteiger partial charge on any atom is 0.336 e. The molecule has 0 aromatic heterocycles. The van der Waals surface area contributed by atoms with E-state index in [1.807, 2.05) is 0 Å². The van der Waals surface area contributed by atoms with Gasteiger partial charge in [0.2, 0.25) is 0 Å². The third-order valence-electron chi connectivity index (χ3n) is 3.19. The molecule has 6 nitrogen and oxygen atoms in total. The van der Waals surface area contributed by atoms with Crippen LogP contribution in [0.3, 0.4) is 0 Å². The van der Waals surface area contributed by atoms with Gasteiger partial charge >= 0.3 is 5.97 Å². The van der Waals surface area contributed by atoms with Gasteiger partial charge < -0.3 is 10.4 Å². The van der Waals surface area contributed by atoms with Crippen molar-refractivity contribution in [2.45, 2.75) is 25.1 Å². The Labute approximate surface area is 108 Å². The van der Waals surface area contributed by atoms with Crippen molar-refractivity contribution in [2.75, 3.05) is 6.54 Å². The van der Waals surface area contributed by atoms with E-state index in [-0.39, 0.29) is 17.7 Å². The van der Waals surface area contributed by atoms with E-state index in [4.69, 9.17) is 5.11 Å². The predicted octanol–water partition coefficient (Wildman–Crippen LogP) is 2.06. The molecule has 2 N–H and O–H groups in total. The molecule has 1 aromatic rings. The van der Waals surface area contributed by atoms with Crippen LogP contribution >= 0.6 is 0 Å². The summed E-state index contributed by atoms with van der Waals surface area (Å²) in [6, 6.07) is 3.22. The number of benzene rings is 1. The zero-order chi connectivity index (χ0) is 14.0. The van der Waals surface area contributed by atoms with Gasteiger partial charge in [0.25, 0.3) is 5.69 Å². The standard InChI is InChI=1S/C12H13FN2O4/c13-7-3-4-14-11(5-7)9-2-1-8(15(18)19)6-10(9)12(16)17/h1-2,6-7,11,14H,3-5H2,(H,16,17). The lowest BCUT2D eigenvalue weighted by atomic mass is 9.92. The highest BCUT2D eigenvalue weighted by molar-refractivity contribution is 5.90. The summed E-state index contributed by atoms with van der Waals surface area (Å²) >= 11 is 0. The summed E-state index contributed by atoms with van der Waals surface area (Å²) in [5, 5.41) is 22.8. The summed E-state index contributed by atoms with van der Waals surface area (Å²) in [5.41, 5.74) is -0.0463. The van der Waals surface area contributed by atoms with E-state index in [0.29, 0.717) is 18.5 Å². The van der Waals surface area contributed by atoms with Crippen LogP contribution in [0.1, 0.15) is 34.8 Å². The number of carbonyl (C=O) groups is 1. The first-order valence-electron chi connectivity index (χ1n) is 5.88. The molecule has 7 heteroatoms. The van der Waals surface area contributed by atoms with E-state index < -0.39 is 23.1 Å². The number of alkyl halides is 1. The van der Waals surface area contributed by atoms with Gasteiger partial charge in [0.15, 0.2) is 0 Å². The maximum atomic E-state index is 13.4. The topological polar surface area (TPSA) is 92.5 Å². The average Bonchev–Trinajstić information content (AvgIpc) is 2.37. The zero-order valence-electron chi connectivity index (χ0n) is 10.0. The van der Waals surface area contributed by atoms with Crippen LogP contribution in [0.2, 0.25) is 0 Å². The first-order valence-corrected chi connectivity index (χ1v) is 5.88. The Morgan fingerprint density at radius 2 is 2.26 bits per heavy atom. The molecule has 2 rings (SSSR count). The van der Waals surface area contributed by atoms with Crippen molar-refractivity contribution >= 4 is 11.7 Å². The number of hydrogen-bond donors (Lipinski definition) is 2. The maximum absolute atomic E-state index is 13.4. The number of nitrogens with one attached hydrogen (secondary N) is 1. The molecule has 0 amide bonds. The number of nitro groups is 1. The fraction of sp³-hybridized carbons (Fsp3) is 0.417. The van der Waals surface area contributed by atoms with Crippen molar-refractivity contribution in [2.24, 2.45) is 0 Å². The Hall–Kier alpha value is -2.02. The Bertz CT molecular complexity index is 520. The predicted molar refractivity (Wildman–Crippen MR) is 64.9 cm³/mol. The second-order valence-electron chi connectivity index (χ2n) is 4.46. The summed E-state index contributed by atoms with van der Waals surface area (Å²) in [5.74, 6) is -1.25. The summed E-state index contributed by atoms with van der Waals surface area (Å²) in [4.78, 5) is 21.2. The molecule has 102 valence electrons. The van der Waals surface area contributed by atoms with Crippen molar-refractivity contribution in [1.82, 2.24) is 5.32 Å². The fourth-order valence-electron chi connectivity index (χ4n) is 2.25. The van der Waals surface area contributed by atoms with Crippen LogP contribution in [0.25, 0.3) is 0 Å². The molecule has 0 radical (unpaired) electrons. The molecule has 1 saturated heterocycles. The first kappa shape index (κ1) is 13.4. The first-order chi connectivity index (χ1) is 8.99. The van der Waals surface area contributed by atoms with Crippen molar-refractivity contribution in [1.29, 1.82) is 0 Å². The third-order valence-corrected chi connectivity index (χ3v) is 3.19. The van der Waals surface area contributed by atoms with Crippen molar-refractivity contribution < 1.29 is 19.2 Å². The van der Waals surface area contributed by atoms with Crippen LogP contribution in [-0.2, 0) is 0 Å².